The largest absolute Gasteiger partial charge is 0.352 e. The molecule has 0 aliphatic rings. The molecule has 2 rings (SSSR count). The van der Waals surface area contributed by atoms with Crippen molar-refractivity contribution in [2.45, 2.75) is 33.2 Å². The number of aromatic nitrogens is 2. The molecule has 0 spiro atoms. The maximum atomic E-state index is 11.8. The molecule has 0 saturated carbocycles. The molecular formula is C16H19N3O2. The van der Waals surface area contributed by atoms with Crippen LogP contribution in [0.2, 0.25) is 0 Å². The van der Waals surface area contributed by atoms with Crippen molar-refractivity contribution in [3.05, 3.63) is 63.3 Å². The number of pyridine rings is 2. The Balaban J connectivity index is 1.89. The molecular weight excluding hydrogens is 266 g/mol. The topological polar surface area (TPSA) is 74.8 Å². The van der Waals surface area contributed by atoms with Crippen molar-refractivity contribution >= 4 is 5.91 Å². The normalized spacial score (nSPS) is 10.4. The molecule has 110 valence electrons. The Morgan fingerprint density at radius 3 is 2.86 bits per heavy atom. The van der Waals surface area contributed by atoms with Gasteiger partial charge in [0.05, 0.1) is 0 Å². The number of hydrogen-bond donors (Lipinski definition) is 2. The van der Waals surface area contributed by atoms with Crippen LogP contribution in [0.15, 0.2) is 35.4 Å². The molecule has 2 N–H and O–H groups in total. The predicted octanol–water partition coefficient (Wildman–Crippen LogP) is 1.64. The standard InChI is InChI=1S/C16H19N3O2/c1-11-8-12(2)19-16(21)14(11)10-18-15(20)6-5-13-4-3-7-17-9-13/h3-4,7-9H,5-6,10H2,1-2H3,(H,18,20)(H,19,21). The molecule has 5 nitrogen and oxygen atoms in total. The van der Waals surface area contributed by atoms with E-state index in [-0.39, 0.29) is 18.0 Å². The highest BCUT2D eigenvalue weighted by molar-refractivity contribution is 5.76. The quantitative estimate of drug-likeness (QED) is 0.877. The van der Waals surface area contributed by atoms with Crippen LogP contribution in [0.5, 0.6) is 0 Å². The Bertz CT molecular complexity index is 678. The molecule has 0 fully saturated rings. The lowest BCUT2D eigenvalue weighted by atomic mass is 10.1. The van der Waals surface area contributed by atoms with Gasteiger partial charge in [0.1, 0.15) is 0 Å². The number of aryl methyl sites for hydroxylation is 3. The molecule has 2 heterocycles. The van der Waals surface area contributed by atoms with Gasteiger partial charge in [-0.25, -0.2) is 0 Å². The maximum absolute atomic E-state index is 11.8. The lowest BCUT2D eigenvalue weighted by Gasteiger charge is -2.08. The van der Waals surface area contributed by atoms with Gasteiger partial charge in [0, 0.05) is 36.6 Å². The molecule has 0 aliphatic carbocycles. The molecule has 0 unspecified atom stereocenters. The Labute approximate surface area is 123 Å². The van der Waals surface area contributed by atoms with Crippen LogP contribution in [-0.4, -0.2) is 15.9 Å². The van der Waals surface area contributed by atoms with Gasteiger partial charge in [-0.05, 0) is 43.5 Å². The molecule has 0 saturated heterocycles. The van der Waals surface area contributed by atoms with Gasteiger partial charge in [-0.15, -0.1) is 0 Å². The fourth-order valence-electron chi connectivity index (χ4n) is 2.18. The lowest BCUT2D eigenvalue weighted by Crippen LogP contribution is -2.28. The second-order valence-corrected chi connectivity index (χ2v) is 5.08. The number of hydrogen-bond acceptors (Lipinski definition) is 3. The van der Waals surface area contributed by atoms with Crippen LogP contribution in [0, 0.1) is 13.8 Å². The Hall–Kier alpha value is -2.43. The van der Waals surface area contributed by atoms with Gasteiger partial charge < -0.3 is 10.3 Å². The average Bonchev–Trinajstić information content (AvgIpc) is 2.45. The number of aromatic amines is 1. The fourth-order valence-corrected chi connectivity index (χ4v) is 2.18. The number of amides is 1. The summed E-state index contributed by atoms with van der Waals surface area (Å²) in [5.74, 6) is -0.0711. The molecule has 0 aliphatic heterocycles. The van der Waals surface area contributed by atoms with Crippen molar-refractivity contribution in [1.29, 1.82) is 0 Å². The van der Waals surface area contributed by atoms with Gasteiger partial charge in [-0.2, -0.15) is 0 Å². The zero-order valence-corrected chi connectivity index (χ0v) is 12.3. The van der Waals surface area contributed by atoms with E-state index in [2.05, 4.69) is 15.3 Å². The maximum Gasteiger partial charge on any atom is 0.253 e. The first-order valence-corrected chi connectivity index (χ1v) is 6.91. The highest BCUT2D eigenvalue weighted by Gasteiger charge is 2.07. The van der Waals surface area contributed by atoms with Gasteiger partial charge >= 0.3 is 0 Å². The Morgan fingerprint density at radius 1 is 1.38 bits per heavy atom. The highest BCUT2D eigenvalue weighted by Crippen LogP contribution is 2.04. The van der Waals surface area contributed by atoms with Crippen molar-refractivity contribution in [3.63, 3.8) is 0 Å². The minimum absolute atomic E-state index is 0.0711. The van der Waals surface area contributed by atoms with Gasteiger partial charge in [0.15, 0.2) is 0 Å². The van der Waals surface area contributed by atoms with E-state index < -0.39 is 0 Å². The SMILES string of the molecule is Cc1cc(C)c(CNC(=O)CCc2cccnc2)c(=O)[nH]1. The van der Waals surface area contributed by atoms with Gasteiger partial charge in [-0.3, -0.25) is 14.6 Å². The second-order valence-electron chi connectivity index (χ2n) is 5.08. The molecule has 0 radical (unpaired) electrons. The summed E-state index contributed by atoms with van der Waals surface area (Å²) in [6.45, 7) is 3.97. The van der Waals surface area contributed by atoms with Gasteiger partial charge in [0.2, 0.25) is 5.91 Å². The monoisotopic (exact) mass is 285 g/mol. The van der Waals surface area contributed by atoms with Crippen LogP contribution in [0.3, 0.4) is 0 Å². The first kappa shape index (κ1) is 15.0. The fraction of sp³-hybridized carbons (Fsp3) is 0.312. The van der Waals surface area contributed by atoms with Crippen molar-refractivity contribution in [1.82, 2.24) is 15.3 Å². The van der Waals surface area contributed by atoms with Crippen LogP contribution >= 0.6 is 0 Å². The minimum atomic E-state index is -0.139. The third-order valence-corrected chi connectivity index (χ3v) is 3.32. The molecule has 2 aromatic heterocycles. The number of carbonyl (C=O) groups excluding carboxylic acids is 1. The third-order valence-electron chi connectivity index (χ3n) is 3.32. The molecule has 0 atom stereocenters. The van der Waals surface area contributed by atoms with Crippen LogP contribution < -0.4 is 10.9 Å². The summed E-state index contributed by atoms with van der Waals surface area (Å²) in [6.07, 6.45) is 4.48. The number of carbonyl (C=O) groups is 1. The smallest absolute Gasteiger partial charge is 0.253 e. The van der Waals surface area contributed by atoms with Crippen molar-refractivity contribution in [2.75, 3.05) is 0 Å². The zero-order chi connectivity index (χ0) is 15.2. The van der Waals surface area contributed by atoms with Crippen LogP contribution in [0.25, 0.3) is 0 Å². The lowest BCUT2D eigenvalue weighted by molar-refractivity contribution is -0.121. The minimum Gasteiger partial charge on any atom is -0.352 e. The highest BCUT2D eigenvalue weighted by atomic mass is 16.1. The summed E-state index contributed by atoms with van der Waals surface area (Å²) in [6, 6.07) is 5.69. The van der Waals surface area contributed by atoms with Crippen LogP contribution in [0.1, 0.15) is 28.8 Å². The summed E-state index contributed by atoms with van der Waals surface area (Å²) in [7, 11) is 0. The molecule has 5 heteroatoms. The number of H-pyrrole nitrogens is 1. The van der Waals surface area contributed by atoms with Gasteiger partial charge in [0.25, 0.3) is 5.56 Å². The van der Waals surface area contributed by atoms with Crippen molar-refractivity contribution < 1.29 is 4.79 Å². The predicted molar refractivity (Wildman–Crippen MR) is 80.9 cm³/mol. The molecule has 0 aromatic carbocycles. The van der Waals surface area contributed by atoms with E-state index in [1.807, 2.05) is 32.0 Å². The summed E-state index contributed by atoms with van der Waals surface area (Å²) >= 11 is 0. The zero-order valence-electron chi connectivity index (χ0n) is 12.3. The first-order valence-electron chi connectivity index (χ1n) is 6.91. The van der Waals surface area contributed by atoms with Gasteiger partial charge in [-0.1, -0.05) is 6.07 Å². The first-order chi connectivity index (χ1) is 10.1. The summed E-state index contributed by atoms with van der Waals surface area (Å²) in [5, 5.41) is 2.79. The Kier molecular flexibility index (Phi) is 4.87. The van der Waals surface area contributed by atoms with E-state index >= 15 is 0 Å². The van der Waals surface area contributed by atoms with E-state index in [4.69, 9.17) is 0 Å². The summed E-state index contributed by atoms with van der Waals surface area (Å²) in [4.78, 5) is 30.4. The number of rotatable bonds is 5. The molecule has 1 amide bonds. The molecule has 0 bridgehead atoms. The van der Waals surface area contributed by atoms with Crippen molar-refractivity contribution in [3.8, 4) is 0 Å². The summed E-state index contributed by atoms with van der Waals surface area (Å²) in [5.41, 5.74) is 3.21. The van der Waals surface area contributed by atoms with E-state index in [1.165, 1.54) is 0 Å². The number of nitrogens with zero attached hydrogens (tertiary/aromatic N) is 1. The molecule has 2 aromatic rings. The summed E-state index contributed by atoms with van der Waals surface area (Å²) < 4.78 is 0. The second kappa shape index (κ2) is 6.83. The van der Waals surface area contributed by atoms with Crippen LogP contribution in [0.4, 0.5) is 0 Å². The Morgan fingerprint density at radius 2 is 2.19 bits per heavy atom. The van der Waals surface area contributed by atoms with E-state index in [1.54, 1.807) is 12.4 Å². The van der Waals surface area contributed by atoms with Crippen molar-refractivity contribution in [2.24, 2.45) is 0 Å². The van der Waals surface area contributed by atoms with E-state index in [0.717, 1.165) is 16.8 Å². The van der Waals surface area contributed by atoms with Crippen LogP contribution in [-0.2, 0) is 17.8 Å². The third kappa shape index (κ3) is 4.27. The average molecular weight is 285 g/mol. The molecule has 21 heavy (non-hydrogen) atoms. The number of nitrogens with one attached hydrogen (secondary N) is 2. The van der Waals surface area contributed by atoms with E-state index in [9.17, 15) is 9.59 Å². The van der Waals surface area contributed by atoms with E-state index in [0.29, 0.717) is 18.4 Å².